The van der Waals surface area contributed by atoms with Crippen molar-refractivity contribution in [3.8, 4) is 0 Å². The molecule has 1 heterocycles. The lowest BCUT2D eigenvalue weighted by molar-refractivity contribution is 1.16. The number of para-hydroxylation sites is 1. The zero-order valence-electron chi connectivity index (χ0n) is 14.6. The number of nitrogens with zero attached hydrogens (tertiary/aromatic N) is 1. The lowest BCUT2D eigenvalue weighted by Crippen LogP contribution is -2.09. The van der Waals surface area contributed by atoms with Crippen molar-refractivity contribution in [1.82, 2.24) is 0 Å². The first-order chi connectivity index (χ1) is 11.5. The number of fused-ring (bicyclic) bond motifs is 1. The summed E-state index contributed by atoms with van der Waals surface area (Å²) in [6.45, 7) is 6.63. The molecular formula is C21H23NS2. The molecule has 1 unspecified atom stereocenters. The van der Waals surface area contributed by atoms with Gasteiger partial charge in [-0.15, -0.1) is 11.8 Å². The van der Waals surface area contributed by atoms with Gasteiger partial charge in [-0.2, -0.15) is 0 Å². The van der Waals surface area contributed by atoms with Crippen LogP contribution in [-0.4, -0.2) is 12.3 Å². The summed E-state index contributed by atoms with van der Waals surface area (Å²) in [4.78, 5) is 4.97. The lowest BCUT2D eigenvalue weighted by atomic mass is 10.2. The highest BCUT2D eigenvalue weighted by molar-refractivity contribution is 8.03. The van der Waals surface area contributed by atoms with Crippen LogP contribution in [0, 0.1) is 6.92 Å². The van der Waals surface area contributed by atoms with Crippen molar-refractivity contribution >= 4 is 29.2 Å². The molecule has 2 aromatic rings. The molecule has 1 aliphatic rings. The van der Waals surface area contributed by atoms with Crippen LogP contribution in [0.2, 0.25) is 0 Å². The third-order valence-corrected chi connectivity index (χ3v) is 6.41. The Bertz CT molecular complexity index is 792. The summed E-state index contributed by atoms with van der Waals surface area (Å²) in [7, 11) is 2.14. The van der Waals surface area contributed by atoms with E-state index in [1.54, 1.807) is 0 Å². The van der Waals surface area contributed by atoms with E-state index >= 15 is 0 Å². The van der Waals surface area contributed by atoms with Gasteiger partial charge in [0.2, 0.25) is 0 Å². The van der Waals surface area contributed by atoms with Gasteiger partial charge in [0, 0.05) is 22.1 Å². The van der Waals surface area contributed by atoms with E-state index in [1.165, 1.54) is 31.6 Å². The van der Waals surface area contributed by atoms with Gasteiger partial charge in [0.15, 0.2) is 0 Å². The summed E-state index contributed by atoms with van der Waals surface area (Å²) in [6, 6.07) is 17.2. The molecule has 3 heteroatoms. The molecule has 3 rings (SSSR count). The summed E-state index contributed by atoms with van der Waals surface area (Å²) >= 11 is 3.76. The number of benzene rings is 2. The van der Waals surface area contributed by atoms with Crippen molar-refractivity contribution < 1.29 is 0 Å². The average Bonchev–Trinajstić information content (AvgIpc) is 2.86. The molecule has 124 valence electrons. The van der Waals surface area contributed by atoms with E-state index in [-0.39, 0.29) is 0 Å². The van der Waals surface area contributed by atoms with Gasteiger partial charge >= 0.3 is 0 Å². The third-order valence-electron chi connectivity index (χ3n) is 4.03. The maximum absolute atomic E-state index is 2.35. The predicted molar refractivity (Wildman–Crippen MR) is 109 cm³/mol. The average molecular weight is 354 g/mol. The van der Waals surface area contributed by atoms with Crippen LogP contribution >= 0.6 is 23.5 Å². The maximum Gasteiger partial charge on any atom is 0.0801 e. The van der Waals surface area contributed by atoms with Gasteiger partial charge in [-0.05, 0) is 50.6 Å². The topological polar surface area (TPSA) is 3.24 Å². The lowest BCUT2D eigenvalue weighted by Gasteiger charge is -2.14. The quantitative estimate of drug-likeness (QED) is 0.577. The van der Waals surface area contributed by atoms with E-state index < -0.39 is 0 Å². The van der Waals surface area contributed by atoms with Gasteiger partial charge in [-0.1, -0.05) is 53.7 Å². The summed E-state index contributed by atoms with van der Waals surface area (Å²) in [5.74, 6) is 0. The van der Waals surface area contributed by atoms with Crippen molar-refractivity contribution in [1.29, 1.82) is 0 Å². The zero-order chi connectivity index (χ0) is 17.1. The number of hydrogen-bond donors (Lipinski definition) is 0. The van der Waals surface area contributed by atoms with E-state index in [0.29, 0.717) is 5.25 Å². The Morgan fingerprint density at radius 1 is 1.12 bits per heavy atom. The van der Waals surface area contributed by atoms with Crippen LogP contribution in [-0.2, 0) is 0 Å². The fraction of sp³-hybridized carbons (Fsp3) is 0.238. The Kier molecular flexibility index (Phi) is 5.42. The standard InChI is InChI=1S/C21H23NS2/c1-15(13-17(3)23-19-11-7-5-9-16(19)2)14-21-22(4)18-10-6-8-12-20(18)24-21/h5-14,17H,1-4H3/b15-13+,21-14-. The maximum atomic E-state index is 2.35. The number of rotatable bonds is 4. The summed E-state index contributed by atoms with van der Waals surface area (Å²) in [6.07, 6.45) is 4.64. The second kappa shape index (κ2) is 7.54. The predicted octanol–water partition coefficient (Wildman–Crippen LogP) is 6.51. The Morgan fingerprint density at radius 3 is 2.58 bits per heavy atom. The van der Waals surface area contributed by atoms with Crippen molar-refractivity contribution in [3.05, 3.63) is 76.8 Å². The molecule has 1 nitrogen and oxygen atoms in total. The first-order valence-corrected chi connectivity index (χ1v) is 9.87. The Morgan fingerprint density at radius 2 is 1.83 bits per heavy atom. The smallest absolute Gasteiger partial charge is 0.0801 e. The number of aryl methyl sites for hydroxylation is 1. The van der Waals surface area contributed by atoms with Crippen LogP contribution in [0.5, 0.6) is 0 Å². The molecule has 2 aromatic carbocycles. The highest BCUT2D eigenvalue weighted by atomic mass is 32.2. The number of anilines is 1. The van der Waals surface area contributed by atoms with Crippen LogP contribution in [0.1, 0.15) is 19.4 Å². The molecule has 1 aliphatic heterocycles. The Labute approximate surface area is 153 Å². The molecule has 0 saturated carbocycles. The molecule has 0 amide bonds. The molecule has 0 radical (unpaired) electrons. The number of thioether (sulfide) groups is 2. The van der Waals surface area contributed by atoms with Crippen molar-refractivity contribution in [2.24, 2.45) is 0 Å². The van der Waals surface area contributed by atoms with Crippen LogP contribution in [0.3, 0.4) is 0 Å². The van der Waals surface area contributed by atoms with E-state index in [2.05, 4.69) is 93.4 Å². The summed E-state index contributed by atoms with van der Waals surface area (Å²) in [5, 5.41) is 1.74. The van der Waals surface area contributed by atoms with Crippen molar-refractivity contribution in [2.45, 2.75) is 35.8 Å². The minimum absolute atomic E-state index is 0.446. The molecule has 0 spiro atoms. The fourth-order valence-electron chi connectivity index (χ4n) is 2.78. The van der Waals surface area contributed by atoms with Gasteiger partial charge in [-0.25, -0.2) is 0 Å². The number of allylic oxidation sites excluding steroid dienone is 2. The first kappa shape index (κ1) is 17.2. The highest BCUT2D eigenvalue weighted by Gasteiger charge is 2.20. The van der Waals surface area contributed by atoms with Gasteiger partial charge in [0.05, 0.1) is 10.7 Å². The third kappa shape index (κ3) is 3.90. The van der Waals surface area contributed by atoms with Gasteiger partial charge < -0.3 is 4.90 Å². The molecule has 0 aromatic heterocycles. The molecule has 0 fully saturated rings. The molecule has 0 saturated heterocycles. The Hall–Kier alpha value is -1.58. The highest BCUT2D eigenvalue weighted by Crippen LogP contribution is 2.45. The van der Waals surface area contributed by atoms with Crippen molar-refractivity contribution in [3.63, 3.8) is 0 Å². The van der Waals surface area contributed by atoms with E-state index in [4.69, 9.17) is 0 Å². The van der Waals surface area contributed by atoms with Crippen LogP contribution in [0.25, 0.3) is 0 Å². The zero-order valence-corrected chi connectivity index (χ0v) is 16.2. The normalized spacial score (nSPS) is 17.2. The number of hydrogen-bond acceptors (Lipinski definition) is 3. The van der Waals surface area contributed by atoms with E-state index in [1.807, 2.05) is 23.5 Å². The first-order valence-electron chi connectivity index (χ1n) is 8.17. The second-order valence-electron chi connectivity index (χ2n) is 6.11. The van der Waals surface area contributed by atoms with Gasteiger partial charge in [0.25, 0.3) is 0 Å². The van der Waals surface area contributed by atoms with Gasteiger partial charge in [0.1, 0.15) is 0 Å². The Balaban J connectivity index is 1.72. The molecular weight excluding hydrogens is 330 g/mol. The molecule has 24 heavy (non-hydrogen) atoms. The second-order valence-corrected chi connectivity index (χ2v) is 8.59. The largest absolute Gasteiger partial charge is 0.338 e. The van der Waals surface area contributed by atoms with E-state index in [9.17, 15) is 0 Å². The van der Waals surface area contributed by atoms with Crippen LogP contribution in [0.4, 0.5) is 5.69 Å². The fourth-order valence-corrected chi connectivity index (χ4v) is 5.04. The monoisotopic (exact) mass is 353 g/mol. The van der Waals surface area contributed by atoms with E-state index in [0.717, 1.165) is 0 Å². The minimum Gasteiger partial charge on any atom is -0.338 e. The molecule has 1 atom stereocenters. The van der Waals surface area contributed by atoms with Crippen molar-refractivity contribution in [2.75, 3.05) is 11.9 Å². The summed E-state index contributed by atoms with van der Waals surface area (Å²) in [5.41, 5.74) is 3.95. The molecule has 0 N–H and O–H groups in total. The van der Waals surface area contributed by atoms with Crippen LogP contribution < -0.4 is 4.90 Å². The molecule has 0 bridgehead atoms. The summed E-state index contributed by atoms with van der Waals surface area (Å²) < 4.78 is 0. The molecule has 0 aliphatic carbocycles. The SMILES string of the molecule is CC(/C=C1\Sc2ccccc2N1C)=C\C(C)Sc1ccccc1C. The van der Waals surface area contributed by atoms with Gasteiger partial charge in [-0.3, -0.25) is 0 Å². The van der Waals surface area contributed by atoms with Crippen LogP contribution in [0.15, 0.2) is 81.1 Å². The minimum atomic E-state index is 0.446.